The fourth-order valence-corrected chi connectivity index (χ4v) is 5.02. The third-order valence-electron chi connectivity index (χ3n) is 6.80. The summed E-state index contributed by atoms with van der Waals surface area (Å²) in [4.78, 5) is 33.8. The van der Waals surface area contributed by atoms with Crippen LogP contribution in [0, 0.1) is 0 Å². The summed E-state index contributed by atoms with van der Waals surface area (Å²) in [6.07, 6.45) is 1.36. The smallest absolute Gasteiger partial charge is 0.331 e. The highest BCUT2D eigenvalue weighted by molar-refractivity contribution is 5.85. The zero-order valence-electron chi connectivity index (χ0n) is 19.3. The van der Waals surface area contributed by atoms with Crippen LogP contribution in [0.3, 0.4) is 0 Å². The maximum absolute atomic E-state index is 13.1. The fourth-order valence-electron chi connectivity index (χ4n) is 5.02. The topological polar surface area (TPSA) is 103 Å². The zero-order valence-corrected chi connectivity index (χ0v) is 19.3. The van der Waals surface area contributed by atoms with Crippen LogP contribution < -0.4 is 16.0 Å². The minimum atomic E-state index is -0.615. The van der Waals surface area contributed by atoms with Gasteiger partial charge in [-0.3, -0.25) is 19.2 Å². The van der Waals surface area contributed by atoms with E-state index in [0.717, 1.165) is 46.4 Å². The van der Waals surface area contributed by atoms with Crippen LogP contribution in [-0.4, -0.2) is 44.7 Å². The third kappa shape index (κ3) is 3.70. The first-order valence-electron chi connectivity index (χ1n) is 11.5. The van der Waals surface area contributed by atoms with Gasteiger partial charge in [0.2, 0.25) is 5.88 Å². The van der Waals surface area contributed by atoms with Gasteiger partial charge in [-0.1, -0.05) is 37.3 Å². The number of aromatic hydroxyl groups is 1. The van der Waals surface area contributed by atoms with E-state index < -0.39 is 17.3 Å². The molecule has 0 fully saturated rings. The quantitative estimate of drug-likeness (QED) is 0.411. The molecule has 0 amide bonds. The number of hydrogen-bond acceptors (Lipinski definition) is 5. The lowest BCUT2D eigenvalue weighted by Crippen LogP contribution is -2.41. The van der Waals surface area contributed by atoms with Crippen molar-refractivity contribution in [3.8, 4) is 11.6 Å². The number of para-hydroxylation sites is 1. The number of nitrogens with one attached hydrogen (secondary N) is 2. The number of ether oxygens (including phenoxy) is 1. The molecule has 0 saturated carbocycles. The van der Waals surface area contributed by atoms with Crippen molar-refractivity contribution in [2.75, 3.05) is 20.2 Å². The molecule has 8 nitrogen and oxygen atoms in total. The number of aryl methyl sites for hydroxylation is 1. The van der Waals surface area contributed by atoms with Crippen molar-refractivity contribution >= 4 is 10.9 Å². The van der Waals surface area contributed by atoms with Crippen LogP contribution in [0.5, 0.6) is 11.6 Å². The SMILES string of the molecule is CCN1CCc2c([nH]c3ccccc23)[C@H]1c1c(O)n(CCc2ccc(OC)cc2)c(=O)[nH]c1=O. The minimum Gasteiger partial charge on any atom is -0.497 e. The number of likely N-dealkylation sites (N-methyl/N-ethyl adjacent to an activating group) is 1. The summed E-state index contributed by atoms with van der Waals surface area (Å²) in [5.74, 6) is 0.471. The van der Waals surface area contributed by atoms with Gasteiger partial charge in [-0.05, 0) is 48.7 Å². The Morgan fingerprint density at radius 1 is 1.09 bits per heavy atom. The van der Waals surface area contributed by atoms with E-state index in [2.05, 4.69) is 20.9 Å². The van der Waals surface area contributed by atoms with Crippen LogP contribution in [0.2, 0.25) is 0 Å². The summed E-state index contributed by atoms with van der Waals surface area (Å²) in [7, 11) is 1.61. The summed E-state index contributed by atoms with van der Waals surface area (Å²) in [5.41, 5.74) is 3.07. The molecule has 2 aromatic heterocycles. The Hall–Kier alpha value is -3.78. The van der Waals surface area contributed by atoms with Crippen LogP contribution in [-0.2, 0) is 19.4 Å². The van der Waals surface area contributed by atoms with Crippen LogP contribution in [0.1, 0.15) is 35.3 Å². The molecule has 3 heterocycles. The zero-order chi connectivity index (χ0) is 23.8. The molecule has 176 valence electrons. The molecule has 0 unspecified atom stereocenters. The average Bonchev–Trinajstić information content (AvgIpc) is 3.23. The molecule has 2 aromatic carbocycles. The molecular formula is C26H28N4O4. The molecule has 5 rings (SSSR count). The van der Waals surface area contributed by atoms with Crippen LogP contribution >= 0.6 is 0 Å². The van der Waals surface area contributed by atoms with E-state index >= 15 is 0 Å². The molecule has 8 heteroatoms. The van der Waals surface area contributed by atoms with E-state index in [0.29, 0.717) is 13.0 Å². The number of H-pyrrole nitrogens is 2. The van der Waals surface area contributed by atoms with Crippen LogP contribution in [0.4, 0.5) is 0 Å². The largest absolute Gasteiger partial charge is 0.497 e. The van der Waals surface area contributed by atoms with Gasteiger partial charge in [0, 0.05) is 29.7 Å². The second-order valence-electron chi connectivity index (χ2n) is 8.59. The lowest BCUT2D eigenvalue weighted by Gasteiger charge is -2.35. The number of hydrogen-bond donors (Lipinski definition) is 3. The second-order valence-corrected chi connectivity index (χ2v) is 8.59. The van der Waals surface area contributed by atoms with E-state index in [1.807, 2.05) is 49.4 Å². The second kappa shape index (κ2) is 8.87. The summed E-state index contributed by atoms with van der Waals surface area (Å²) in [6.45, 7) is 3.72. The maximum atomic E-state index is 13.1. The van der Waals surface area contributed by atoms with E-state index in [4.69, 9.17) is 4.74 Å². The van der Waals surface area contributed by atoms with Crippen molar-refractivity contribution in [2.24, 2.45) is 0 Å². The van der Waals surface area contributed by atoms with Gasteiger partial charge in [-0.2, -0.15) is 0 Å². The number of rotatable bonds is 6. The average molecular weight is 461 g/mol. The van der Waals surface area contributed by atoms with E-state index in [9.17, 15) is 14.7 Å². The first kappa shape index (κ1) is 22.0. The summed E-state index contributed by atoms with van der Waals surface area (Å²) in [6, 6.07) is 15.1. The van der Waals surface area contributed by atoms with Crippen molar-refractivity contribution in [2.45, 2.75) is 32.4 Å². The molecule has 0 saturated heterocycles. The molecular weight excluding hydrogens is 432 g/mol. The highest BCUT2D eigenvalue weighted by Crippen LogP contribution is 2.39. The van der Waals surface area contributed by atoms with Gasteiger partial charge >= 0.3 is 5.69 Å². The van der Waals surface area contributed by atoms with E-state index in [-0.39, 0.29) is 18.0 Å². The molecule has 1 aliphatic rings. The number of aromatic nitrogens is 3. The van der Waals surface area contributed by atoms with Crippen LogP contribution in [0.25, 0.3) is 10.9 Å². The first-order chi connectivity index (χ1) is 16.5. The van der Waals surface area contributed by atoms with E-state index in [1.54, 1.807) is 7.11 Å². The lowest BCUT2D eigenvalue weighted by atomic mass is 9.93. The lowest BCUT2D eigenvalue weighted by molar-refractivity contribution is 0.214. The number of nitrogens with zero attached hydrogens (tertiary/aromatic N) is 2. The monoisotopic (exact) mass is 460 g/mol. The maximum Gasteiger partial charge on any atom is 0.331 e. The molecule has 3 N–H and O–H groups in total. The molecule has 0 bridgehead atoms. The van der Waals surface area contributed by atoms with Crippen LogP contribution in [0.15, 0.2) is 58.1 Å². The van der Waals surface area contributed by atoms with Crippen molar-refractivity contribution in [3.05, 3.63) is 91.8 Å². The van der Waals surface area contributed by atoms with Crippen molar-refractivity contribution in [3.63, 3.8) is 0 Å². The number of aromatic amines is 2. The highest BCUT2D eigenvalue weighted by Gasteiger charge is 2.35. The van der Waals surface area contributed by atoms with E-state index in [1.165, 1.54) is 4.57 Å². The fraction of sp³-hybridized carbons (Fsp3) is 0.308. The Morgan fingerprint density at radius 3 is 2.59 bits per heavy atom. The molecule has 0 radical (unpaired) electrons. The highest BCUT2D eigenvalue weighted by atomic mass is 16.5. The number of benzene rings is 2. The van der Waals surface area contributed by atoms with Crippen molar-refractivity contribution in [1.29, 1.82) is 0 Å². The van der Waals surface area contributed by atoms with Gasteiger partial charge in [-0.25, -0.2) is 4.79 Å². The molecule has 34 heavy (non-hydrogen) atoms. The Kier molecular flexibility index (Phi) is 5.75. The summed E-state index contributed by atoms with van der Waals surface area (Å²) in [5, 5.41) is 12.4. The molecule has 1 atom stereocenters. The van der Waals surface area contributed by atoms with Crippen molar-refractivity contribution < 1.29 is 9.84 Å². The van der Waals surface area contributed by atoms with Gasteiger partial charge in [0.1, 0.15) is 11.3 Å². The van der Waals surface area contributed by atoms with Gasteiger partial charge < -0.3 is 14.8 Å². The van der Waals surface area contributed by atoms with Gasteiger partial charge in [0.25, 0.3) is 5.56 Å². The standard InChI is InChI=1S/C26H28N4O4/c1-3-29-14-13-19-18-6-4-5-7-20(18)27-22(19)23(29)21-24(31)28-26(33)30(25(21)32)15-12-16-8-10-17(34-2)11-9-16/h4-11,23,27,32H,3,12-15H2,1-2H3,(H,28,31,33)/t23-/m1/s1. The normalized spacial score (nSPS) is 16.0. The molecule has 1 aliphatic heterocycles. The van der Waals surface area contributed by atoms with Gasteiger partial charge in [0.05, 0.1) is 13.2 Å². The van der Waals surface area contributed by atoms with Gasteiger partial charge in [-0.15, -0.1) is 0 Å². The Morgan fingerprint density at radius 2 is 1.85 bits per heavy atom. The van der Waals surface area contributed by atoms with Crippen molar-refractivity contribution in [1.82, 2.24) is 19.4 Å². The number of fused-ring (bicyclic) bond motifs is 3. The predicted molar refractivity (Wildman–Crippen MR) is 131 cm³/mol. The first-order valence-corrected chi connectivity index (χ1v) is 11.5. The summed E-state index contributed by atoms with van der Waals surface area (Å²) >= 11 is 0. The Labute approximate surface area is 196 Å². The number of methoxy groups -OCH3 is 1. The minimum absolute atomic E-state index is 0.198. The molecule has 4 aromatic rings. The Balaban J connectivity index is 1.58. The predicted octanol–water partition coefficient (Wildman–Crippen LogP) is 2.94. The molecule has 0 aliphatic carbocycles. The van der Waals surface area contributed by atoms with Gasteiger partial charge in [0.15, 0.2) is 0 Å². The third-order valence-corrected chi connectivity index (χ3v) is 6.80. The molecule has 0 spiro atoms. The Bertz CT molecular complexity index is 1450. The summed E-state index contributed by atoms with van der Waals surface area (Å²) < 4.78 is 6.45.